The van der Waals surface area contributed by atoms with Crippen LogP contribution in [-0.4, -0.2) is 11.3 Å². The highest BCUT2D eigenvalue weighted by Crippen LogP contribution is 2.18. The van der Waals surface area contributed by atoms with Gasteiger partial charge in [0.05, 0.1) is 12.5 Å². The van der Waals surface area contributed by atoms with Gasteiger partial charge in [-0.25, -0.2) is 0 Å². The molecule has 0 saturated carbocycles. The first-order chi connectivity index (χ1) is 6.40. The Morgan fingerprint density at radius 2 is 2.23 bits per heavy atom. The van der Waals surface area contributed by atoms with Gasteiger partial charge in [-0.3, -0.25) is 9.78 Å². The van der Waals surface area contributed by atoms with Crippen LogP contribution in [0.3, 0.4) is 0 Å². The lowest BCUT2D eigenvalue weighted by Crippen LogP contribution is -1.83. The predicted octanol–water partition coefficient (Wildman–Crippen LogP) is 2.15. The normalized spacial score (nSPS) is 9.85. The Hall–Kier alpha value is -1.90. The first-order valence-corrected chi connectivity index (χ1v) is 3.83. The SMILES string of the molecule is O=Cc1cncc(-c2ccoc2)c1. The van der Waals surface area contributed by atoms with Gasteiger partial charge in [-0.05, 0) is 12.1 Å². The zero-order valence-corrected chi connectivity index (χ0v) is 6.81. The van der Waals surface area contributed by atoms with Crippen molar-refractivity contribution < 1.29 is 9.21 Å². The van der Waals surface area contributed by atoms with E-state index in [1.54, 1.807) is 24.8 Å². The highest BCUT2D eigenvalue weighted by Gasteiger charge is 1.99. The maximum Gasteiger partial charge on any atom is 0.151 e. The average Bonchev–Trinajstić information content (AvgIpc) is 2.71. The molecule has 2 aromatic rings. The standard InChI is InChI=1S/C10H7NO2/c12-6-8-3-10(5-11-4-8)9-1-2-13-7-9/h1-7H. The molecular formula is C10H7NO2. The van der Waals surface area contributed by atoms with Gasteiger partial charge in [-0.15, -0.1) is 0 Å². The maximum atomic E-state index is 10.5. The molecule has 2 aromatic heterocycles. The summed E-state index contributed by atoms with van der Waals surface area (Å²) < 4.78 is 4.93. The number of nitrogens with zero attached hydrogens (tertiary/aromatic N) is 1. The summed E-state index contributed by atoms with van der Waals surface area (Å²) in [6.07, 6.45) is 7.19. The molecule has 3 nitrogen and oxygen atoms in total. The summed E-state index contributed by atoms with van der Waals surface area (Å²) in [4.78, 5) is 14.4. The molecule has 0 aliphatic rings. The molecular weight excluding hydrogens is 166 g/mol. The Morgan fingerprint density at radius 1 is 1.31 bits per heavy atom. The third-order valence-corrected chi connectivity index (χ3v) is 1.75. The molecule has 0 aliphatic heterocycles. The van der Waals surface area contributed by atoms with E-state index in [2.05, 4.69) is 4.98 Å². The molecule has 0 fully saturated rings. The molecule has 0 aromatic carbocycles. The van der Waals surface area contributed by atoms with E-state index in [1.807, 2.05) is 6.07 Å². The van der Waals surface area contributed by atoms with Gasteiger partial charge in [0, 0.05) is 29.1 Å². The third kappa shape index (κ3) is 1.49. The van der Waals surface area contributed by atoms with Gasteiger partial charge in [0.15, 0.2) is 6.29 Å². The van der Waals surface area contributed by atoms with Gasteiger partial charge in [0.25, 0.3) is 0 Å². The minimum absolute atomic E-state index is 0.568. The van der Waals surface area contributed by atoms with E-state index in [1.165, 1.54) is 6.20 Å². The molecule has 0 unspecified atom stereocenters. The molecule has 2 rings (SSSR count). The Kier molecular flexibility index (Phi) is 1.92. The van der Waals surface area contributed by atoms with Crippen LogP contribution in [0.2, 0.25) is 0 Å². The van der Waals surface area contributed by atoms with E-state index >= 15 is 0 Å². The summed E-state index contributed by atoms with van der Waals surface area (Å²) in [6, 6.07) is 3.59. The number of carbonyl (C=O) groups excluding carboxylic acids is 1. The quantitative estimate of drug-likeness (QED) is 0.653. The van der Waals surface area contributed by atoms with Crippen LogP contribution in [0.15, 0.2) is 41.5 Å². The van der Waals surface area contributed by atoms with Crippen molar-refractivity contribution in [3.63, 3.8) is 0 Å². The number of hydrogen-bond acceptors (Lipinski definition) is 3. The van der Waals surface area contributed by atoms with E-state index < -0.39 is 0 Å². The number of aromatic nitrogens is 1. The maximum absolute atomic E-state index is 10.5. The Labute approximate surface area is 75.0 Å². The number of aldehydes is 1. The van der Waals surface area contributed by atoms with Gasteiger partial charge < -0.3 is 4.42 Å². The van der Waals surface area contributed by atoms with Crippen molar-refractivity contribution in [2.24, 2.45) is 0 Å². The van der Waals surface area contributed by atoms with Gasteiger partial charge >= 0.3 is 0 Å². The smallest absolute Gasteiger partial charge is 0.151 e. The molecule has 0 amide bonds. The van der Waals surface area contributed by atoms with Crippen LogP contribution in [-0.2, 0) is 0 Å². The van der Waals surface area contributed by atoms with Crippen LogP contribution in [0.1, 0.15) is 10.4 Å². The van der Waals surface area contributed by atoms with E-state index in [0.717, 1.165) is 17.4 Å². The third-order valence-electron chi connectivity index (χ3n) is 1.75. The second-order valence-corrected chi connectivity index (χ2v) is 2.64. The van der Waals surface area contributed by atoms with Gasteiger partial charge in [0.1, 0.15) is 0 Å². The Bertz CT molecular complexity index is 407. The van der Waals surface area contributed by atoms with Gasteiger partial charge in [-0.1, -0.05) is 0 Å². The fraction of sp³-hybridized carbons (Fsp3) is 0. The van der Waals surface area contributed by atoms with Crippen molar-refractivity contribution in [3.05, 3.63) is 42.6 Å². The fourth-order valence-electron chi connectivity index (χ4n) is 1.11. The second kappa shape index (κ2) is 3.23. The molecule has 0 atom stereocenters. The van der Waals surface area contributed by atoms with Crippen molar-refractivity contribution in [2.75, 3.05) is 0 Å². The highest BCUT2D eigenvalue weighted by molar-refractivity contribution is 5.77. The van der Waals surface area contributed by atoms with Crippen LogP contribution < -0.4 is 0 Å². The van der Waals surface area contributed by atoms with Crippen LogP contribution in [0.5, 0.6) is 0 Å². The number of pyridine rings is 1. The molecule has 0 aliphatic carbocycles. The topological polar surface area (TPSA) is 43.1 Å². The lowest BCUT2D eigenvalue weighted by molar-refractivity contribution is 0.112. The molecule has 2 heterocycles. The summed E-state index contributed by atoms with van der Waals surface area (Å²) in [7, 11) is 0. The Morgan fingerprint density at radius 3 is 2.92 bits per heavy atom. The Balaban J connectivity index is 2.47. The molecule has 13 heavy (non-hydrogen) atoms. The van der Waals surface area contributed by atoms with Crippen molar-refractivity contribution >= 4 is 6.29 Å². The van der Waals surface area contributed by atoms with E-state index in [4.69, 9.17) is 4.42 Å². The molecule has 0 spiro atoms. The van der Waals surface area contributed by atoms with Crippen LogP contribution in [0.4, 0.5) is 0 Å². The monoisotopic (exact) mass is 173 g/mol. The van der Waals surface area contributed by atoms with Gasteiger partial charge in [-0.2, -0.15) is 0 Å². The number of furan rings is 1. The molecule has 0 N–H and O–H groups in total. The first-order valence-electron chi connectivity index (χ1n) is 3.83. The summed E-state index contributed by atoms with van der Waals surface area (Å²) in [5.41, 5.74) is 2.38. The van der Waals surface area contributed by atoms with Crippen molar-refractivity contribution in [3.8, 4) is 11.1 Å². The number of hydrogen-bond donors (Lipinski definition) is 0. The predicted molar refractivity (Wildman–Crippen MR) is 47.3 cm³/mol. The van der Waals surface area contributed by atoms with E-state index in [-0.39, 0.29) is 0 Å². The zero-order chi connectivity index (χ0) is 9.10. The lowest BCUT2D eigenvalue weighted by atomic mass is 10.1. The summed E-state index contributed by atoms with van der Waals surface area (Å²) in [5, 5.41) is 0. The molecule has 0 bridgehead atoms. The van der Waals surface area contributed by atoms with Crippen LogP contribution in [0, 0.1) is 0 Å². The largest absolute Gasteiger partial charge is 0.472 e. The lowest BCUT2D eigenvalue weighted by Gasteiger charge is -1.95. The minimum Gasteiger partial charge on any atom is -0.472 e. The van der Waals surface area contributed by atoms with Crippen LogP contribution in [0.25, 0.3) is 11.1 Å². The number of carbonyl (C=O) groups is 1. The molecule has 0 radical (unpaired) electrons. The van der Waals surface area contributed by atoms with Crippen molar-refractivity contribution in [2.45, 2.75) is 0 Å². The zero-order valence-electron chi connectivity index (χ0n) is 6.81. The van der Waals surface area contributed by atoms with E-state index in [9.17, 15) is 4.79 Å². The van der Waals surface area contributed by atoms with Crippen molar-refractivity contribution in [1.29, 1.82) is 0 Å². The van der Waals surface area contributed by atoms with Gasteiger partial charge in [0.2, 0.25) is 0 Å². The molecule has 64 valence electrons. The minimum atomic E-state index is 0.568. The first kappa shape index (κ1) is 7.73. The fourth-order valence-corrected chi connectivity index (χ4v) is 1.11. The van der Waals surface area contributed by atoms with Crippen molar-refractivity contribution in [1.82, 2.24) is 4.98 Å². The van der Waals surface area contributed by atoms with E-state index in [0.29, 0.717) is 5.56 Å². The molecule has 3 heteroatoms. The summed E-state index contributed by atoms with van der Waals surface area (Å²) >= 11 is 0. The highest BCUT2D eigenvalue weighted by atomic mass is 16.3. The molecule has 0 saturated heterocycles. The summed E-state index contributed by atoms with van der Waals surface area (Å²) in [6.45, 7) is 0. The summed E-state index contributed by atoms with van der Waals surface area (Å²) in [5.74, 6) is 0. The van der Waals surface area contributed by atoms with Crippen LogP contribution >= 0.6 is 0 Å². The second-order valence-electron chi connectivity index (χ2n) is 2.64. The number of rotatable bonds is 2. The average molecular weight is 173 g/mol.